The molecule has 106 valence electrons. The Hall–Kier alpha value is -0.810. The van der Waals surface area contributed by atoms with Gasteiger partial charge in [0.25, 0.3) is 0 Å². The Kier molecular flexibility index (Phi) is 7.05. The quantitative estimate of drug-likeness (QED) is 0.590. The van der Waals surface area contributed by atoms with Crippen LogP contribution < -0.4 is 0 Å². The summed E-state index contributed by atoms with van der Waals surface area (Å²) in [5.41, 5.74) is 0. The predicted molar refractivity (Wildman–Crippen MR) is 70.7 cm³/mol. The number of urea groups is 1. The van der Waals surface area contributed by atoms with Gasteiger partial charge >= 0.3 is 6.03 Å². The third kappa shape index (κ3) is 5.23. The van der Waals surface area contributed by atoms with E-state index in [4.69, 9.17) is 9.47 Å². The van der Waals surface area contributed by atoms with Crippen LogP contribution in [0.25, 0.3) is 0 Å². The maximum Gasteiger partial charge on any atom is 0.320 e. The van der Waals surface area contributed by atoms with Crippen molar-refractivity contribution in [2.75, 3.05) is 46.0 Å². The lowest BCUT2D eigenvalue weighted by molar-refractivity contribution is 0.0665. The molecule has 0 spiro atoms. The van der Waals surface area contributed by atoms with Crippen molar-refractivity contribution in [2.24, 2.45) is 0 Å². The highest BCUT2D eigenvalue weighted by Crippen LogP contribution is 2.08. The molecule has 0 radical (unpaired) electrons. The highest BCUT2D eigenvalue weighted by molar-refractivity contribution is 5.76. The molecule has 0 aromatic rings. The minimum atomic E-state index is 0.113. The summed E-state index contributed by atoms with van der Waals surface area (Å²) in [5, 5.41) is 0. The molecule has 1 aliphatic rings. The molecular formula is C13H26N2O3. The van der Waals surface area contributed by atoms with Crippen LogP contribution in [-0.4, -0.2) is 67.9 Å². The molecular weight excluding hydrogens is 232 g/mol. The molecule has 0 saturated carbocycles. The van der Waals surface area contributed by atoms with Gasteiger partial charge in [-0.15, -0.1) is 0 Å². The van der Waals surface area contributed by atoms with Gasteiger partial charge < -0.3 is 19.3 Å². The highest BCUT2D eigenvalue weighted by atomic mass is 16.5. The fourth-order valence-corrected chi connectivity index (χ4v) is 1.87. The first-order valence-corrected chi connectivity index (χ1v) is 6.88. The van der Waals surface area contributed by atoms with Crippen molar-refractivity contribution >= 4 is 6.03 Å². The summed E-state index contributed by atoms with van der Waals surface area (Å²) in [7, 11) is 0. The van der Waals surface area contributed by atoms with Crippen LogP contribution in [0.1, 0.15) is 27.2 Å². The summed E-state index contributed by atoms with van der Waals surface area (Å²) >= 11 is 0. The Balaban J connectivity index is 2.16. The molecule has 0 aromatic carbocycles. The van der Waals surface area contributed by atoms with Gasteiger partial charge in [0.2, 0.25) is 0 Å². The monoisotopic (exact) mass is 258 g/mol. The van der Waals surface area contributed by atoms with Crippen LogP contribution in [0.2, 0.25) is 0 Å². The first kappa shape index (κ1) is 15.2. The summed E-state index contributed by atoms with van der Waals surface area (Å²) in [5.74, 6) is 0. The summed E-state index contributed by atoms with van der Waals surface area (Å²) < 4.78 is 10.9. The zero-order valence-electron chi connectivity index (χ0n) is 11.9. The van der Waals surface area contributed by atoms with Crippen LogP contribution in [0.4, 0.5) is 4.79 Å². The van der Waals surface area contributed by atoms with Crippen LogP contribution >= 0.6 is 0 Å². The normalized spacial score (nSPS) is 16.1. The van der Waals surface area contributed by atoms with Gasteiger partial charge in [0.05, 0.1) is 19.3 Å². The van der Waals surface area contributed by atoms with E-state index in [0.29, 0.717) is 26.3 Å². The molecule has 1 aliphatic heterocycles. The van der Waals surface area contributed by atoms with Crippen molar-refractivity contribution in [3.05, 3.63) is 0 Å². The Labute approximate surface area is 110 Å². The second kappa shape index (κ2) is 8.32. The molecule has 1 heterocycles. The molecule has 0 atom stereocenters. The molecule has 5 nitrogen and oxygen atoms in total. The average molecular weight is 258 g/mol. The summed E-state index contributed by atoms with van der Waals surface area (Å²) in [6, 6.07) is 0.113. The molecule has 0 bridgehead atoms. The molecule has 1 rings (SSSR count). The Morgan fingerprint density at radius 2 is 1.72 bits per heavy atom. The minimum Gasteiger partial charge on any atom is -0.380 e. The number of nitrogens with zero attached hydrogens (tertiary/aromatic N) is 2. The zero-order chi connectivity index (χ0) is 13.4. The van der Waals surface area contributed by atoms with E-state index in [-0.39, 0.29) is 12.1 Å². The van der Waals surface area contributed by atoms with Gasteiger partial charge in [-0.2, -0.15) is 0 Å². The Morgan fingerprint density at radius 1 is 1.11 bits per heavy atom. The van der Waals surface area contributed by atoms with Crippen molar-refractivity contribution in [2.45, 2.75) is 33.3 Å². The van der Waals surface area contributed by atoms with E-state index in [0.717, 1.165) is 26.1 Å². The van der Waals surface area contributed by atoms with Gasteiger partial charge in [-0.3, -0.25) is 0 Å². The Morgan fingerprint density at radius 3 is 2.28 bits per heavy atom. The maximum absolute atomic E-state index is 12.0. The number of hydrogen-bond donors (Lipinski definition) is 0. The Bertz CT molecular complexity index is 246. The first-order valence-electron chi connectivity index (χ1n) is 6.88. The summed E-state index contributed by atoms with van der Waals surface area (Å²) in [6.45, 7) is 11.1. The van der Waals surface area contributed by atoms with Crippen molar-refractivity contribution in [1.29, 1.82) is 0 Å². The van der Waals surface area contributed by atoms with Gasteiger partial charge in [-0.25, -0.2) is 4.79 Å². The molecule has 1 saturated heterocycles. The molecule has 0 unspecified atom stereocenters. The molecule has 0 aliphatic carbocycles. The van der Waals surface area contributed by atoms with Gasteiger partial charge in [-0.1, -0.05) is 6.92 Å². The molecule has 0 aromatic heterocycles. The van der Waals surface area contributed by atoms with Crippen molar-refractivity contribution in [3.8, 4) is 0 Å². The van der Waals surface area contributed by atoms with E-state index in [2.05, 4.69) is 6.92 Å². The van der Waals surface area contributed by atoms with Crippen LogP contribution in [0, 0.1) is 0 Å². The van der Waals surface area contributed by atoms with Gasteiger partial charge in [0, 0.05) is 32.8 Å². The molecule has 5 heteroatoms. The number of carbonyl (C=O) groups is 1. The van der Waals surface area contributed by atoms with E-state index in [1.807, 2.05) is 23.6 Å². The molecule has 1 fully saturated rings. The summed E-state index contributed by atoms with van der Waals surface area (Å²) in [6.07, 6.45) is 1.24. The summed E-state index contributed by atoms with van der Waals surface area (Å²) in [4.78, 5) is 15.7. The highest BCUT2D eigenvalue weighted by Gasteiger charge is 2.27. The van der Waals surface area contributed by atoms with Crippen LogP contribution in [0.3, 0.4) is 0 Å². The lowest BCUT2D eigenvalue weighted by Crippen LogP contribution is -2.35. The van der Waals surface area contributed by atoms with Gasteiger partial charge in [0.15, 0.2) is 0 Å². The third-order valence-corrected chi connectivity index (χ3v) is 2.85. The fraction of sp³-hybridized carbons (Fsp3) is 0.923. The second-order valence-corrected chi connectivity index (χ2v) is 4.79. The number of amides is 2. The fourth-order valence-electron chi connectivity index (χ4n) is 1.87. The van der Waals surface area contributed by atoms with Crippen molar-refractivity contribution in [3.63, 3.8) is 0 Å². The standard InChI is InChI=1S/C13H26N2O3/c1-4-9-17-10-7-14-5-6-15(13(14)16)8-11-18-12(2)3/h12H,4-11H2,1-3H3. The van der Waals surface area contributed by atoms with E-state index >= 15 is 0 Å². The first-order chi connectivity index (χ1) is 8.65. The van der Waals surface area contributed by atoms with E-state index in [9.17, 15) is 4.79 Å². The van der Waals surface area contributed by atoms with Crippen LogP contribution in [-0.2, 0) is 9.47 Å². The number of carbonyl (C=O) groups excluding carboxylic acids is 1. The van der Waals surface area contributed by atoms with E-state index < -0.39 is 0 Å². The number of ether oxygens (including phenoxy) is 2. The van der Waals surface area contributed by atoms with E-state index in [1.165, 1.54) is 0 Å². The SMILES string of the molecule is CCCOCCN1CCN(CCOC(C)C)C1=O. The third-order valence-electron chi connectivity index (χ3n) is 2.85. The lowest BCUT2D eigenvalue weighted by atomic mass is 10.5. The zero-order valence-corrected chi connectivity index (χ0v) is 11.9. The molecule has 0 N–H and O–H groups in total. The maximum atomic E-state index is 12.0. The largest absolute Gasteiger partial charge is 0.380 e. The second-order valence-electron chi connectivity index (χ2n) is 4.79. The van der Waals surface area contributed by atoms with Gasteiger partial charge in [-0.05, 0) is 20.3 Å². The number of rotatable bonds is 9. The van der Waals surface area contributed by atoms with Crippen molar-refractivity contribution in [1.82, 2.24) is 9.80 Å². The van der Waals surface area contributed by atoms with Gasteiger partial charge in [0.1, 0.15) is 0 Å². The van der Waals surface area contributed by atoms with Crippen LogP contribution in [0.15, 0.2) is 0 Å². The van der Waals surface area contributed by atoms with Crippen molar-refractivity contribution < 1.29 is 14.3 Å². The topological polar surface area (TPSA) is 42.0 Å². The predicted octanol–water partition coefficient (Wildman–Crippen LogP) is 1.58. The van der Waals surface area contributed by atoms with E-state index in [1.54, 1.807) is 0 Å². The molecule has 2 amide bonds. The minimum absolute atomic E-state index is 0.113. The molecule has 18 heavy (non-hydrogen) atoms. The lowest BCUT2D eigenvalue weighted by Gasteiger charge is -2.19. The average Bonchev–Trinajstić information content (AvgIpc) is 2.67. The smallest absolute Gasteiger partial charge is 0.320 e. The van der Waals surface area contributed by atoms with Crippen LogP contribution in [0.5, 0.6) is 0 Å². The number of hydrogen-bond acceptors (Lipinski definition) is 3.